The number of nitrogens with zero attached hydrogens (tertiary/aromatic N) is 1. The highest BCUT2D eigenvalue weighted by Crippen LogP contribution is 2.79. The zero-order chi connectivity index (χ0) is 49.6. The lowest BCUT2D eigenvalue weighted by atomic mass is 9.30. The van der Waals surface area contributed by atoms with Gasteiger partial charge in [-0.3, -0.25) is 9.59 Å². The average molecular weight is 967 g/mol. The molecule has 0 aromatic carbocycles. The number of aromatic amines is 1. The first kappa shape index (κ1) is 50.9. The number of fused-ring (bicyclic) bond motifs is 2. The molecule has 3 heterocycles. The highest BCUT2D eigenvalue weighted by molar-refractivity contribution is 5.82. The number of hydrogen-bond acceptors (Lipinski definition) is 14. The Balaban J connectivity index is 1.27. The minimum Gasteiger partial charge on any atom is -0.481 e. The summed E-state index contributed by atoms with van der Waals surface area (Å²) < 4.78 is 12.6. The first-order valence-electron chi connectivity index (χ1n) is 25.7. The van der Waals surface area contributed by atoms with E-state index < -0.39 is 130 Å². The summed E-state index contributed by atoms with van der Waals surface area (Å²) in [6, 6.07) is -0.609. The number of H-pyrrole nitrogens is 1. The minimum absolute atomic E-state index is 0.0508. The van der Waals surface area contributed by atoms with Gasteiger partial charge in [0.25, 0.3) is 0 Å². The Morgan fingerprint density at radius 1 is 1.01 bits per heavy atom. The Kier molecular flexibility index (Phi) is 13.7. The van der Waals surface area contributed by atoms with Crippen LogP contribution < -0.4 is 11.1 Å². The van der Waals surface area contributed by atoms with Crippen LogP contribution in [-0.2, 0) is 19.1 Å². The highest BCUT2D eigenvalue weighted by atomic mass is 16.7. The van der Waals surface area contributed by atoms with Gasteiger partial charge in [0.2, 0.25) is 5.91 Å². The molecule has 1 aromatic heterocycles. The number of carbonyl (C=O) groups is 2. The molecule has 2 saturated heterocycles. The summed E-state index contributed by atoms with van der Waals surface area (Å²) in [6.07, 6.45) is 1.43. The molecule has 1 spiro atoms. The second-order valence-electron chi connectivity index (χ2n) is 23.8. The van der Waals surface area contributed by atoms with Gasteiger partial charge >= 0.3 is 5.97 Å². The van der Waals surface area contributed by atoms with E-state index in [2.05, 4.69) is 54.0 Å². The maximum Gasteiger partial charge on any atom is 0.310 e. The van der Waals surface area contributed by atoms with Gasteiger partial charge < -0.3 is 71.5 Å². The zero-order valence-electron chi connectivity index (χ0n) is 40.7. The Morgan fingerprint density at radius 3 is 2.43 bits per heavy atom. The molecule has 17 heteroatoms. The molecule has 69 heavy (non-hydrogen) atoms. The molecule has 6 aliphatic carbocycles. The Hall–Kier alpha value is -2.99. The van der Waals surface area contributed by atoms with E-state index in [0.717, 1.165) is 11.3 Å². The number of rotatable bonds is 13. The fourth-order valence-electron chi connectivity index (χ4n) is 17.4. The molecule has 1 aromatic rings. The Labute approximate surface area is 405 Å². The lowest BCUT2D eigenvalue weighted by Crippen LogP contribution is -2.75. The van der Waals surface area contributed by atoms with Gasteiger partial charge in [0.05, 0.1) is 55.8 Å². The third-order valence-electron chi connectivity index (χ3n) is 21.1. The van der Waals surface area contributed by atoms with Crippen LogP contribution in [0.5, 0.6) is 0 Å². The van der Waals surface area contributed by atoms with Crippen molar-refractivity contribution in [1.29, 1.82) is 0 Å². The van der Waals surface area contributed by atoms with Crippen molar-refractivity contribution in [1.82, 2.24) is 15.3 Å². The van der Waals surface area contributed by atoms with E-state index in [1.807, 2.05) is 0 Å². The van der Waals surface area contributed by atoms with Crippen molar-refractivity contribution in [2.24, 2.45) is 79.6 Å². The van der Waals surface area contributed by atoms with Gasteiger partial charge in [-0.15, -0.1) is 5.92 Å². The van der Waals surface area contributed by atoms with Crippen LogP contribution in [0.4, 0.5) is 0 Å². The van der Waals surface area contributed by atoms with Gasteiger partial charge in [0.1, 0.15) is 18.3 Å². The van der Waals surface area contributed by atoms with Crippen LogP contribution in [-0.4, -0.2) is 150 Å². The van der Waals surface area contributed by atoms with Crippen molar-refractivity contribution in [3.63, 3.8) is 0 Å². The molecule has 384 valence electrons. The Morgan fingerprint density at radius 2 is 1.77 bits per heavy atom. The summed E-state index contributed by atoms with van der Waals surface area (Å²) in [5, 5.41) is 106. The number of aliphatic hydroxyl groups is 8. The number of aliphatic hydroxyl groups excluding tert-OH is 8. The van der Waals surface area contributed by atoms with Gasteiger partial charge in [-0.05, 0) is 117 Å². The topological polar surface area (TPSA) is 301 Å². The van der Waals surface area contributed by atoms with Crippen LogP contribution in [0, 0.1) is 85.8 Å². The van der Waals surface area contributed by atoms with E-state index in [0.29, 0.717) is 83.6 Å². The second-order valence-corrected chi connectivity index (χ2v) is 23.8. The molecule has 9 rings (SSSR count). The molecular formula is C52H78N4O13. The molecule has 2 aliphatic heterocycles. The number of aliphatic carboxylic acids is 1. The number of hydrogen-bond donors (Lipinski definition) is 12. The average Bonchev–Trinajstić information content (AvgIpc) is 3.98. The van der Waals surface area contributed by atoms with Crippen molar-refractivity contribution in [2.75, 3.05) is 33.0 Å². The molecule has 6 fully saturated rings. The van der Waals surface area contributed by atoms with Crippen LogP contribution >= 0.6 is 0 Å². The number of allylic oxidation sites excluding steroid dienone is 2. The molecule has 17 nitrogen and oxygen atoms in total. The smallest absolute Gasteiger partial charge is 0.310 e. The predicted molar refractivity (Wildman–Crippen MR) is 249 cm³/mol. The lowest BCUT2D eigenvalue weighted by molar-refractivity contribution is -0.351. The normalized spacial score (nSPS) is 48.9. The van der Waals surface area contributed by atoms with Crippen molar-refractivity contribution >= 4 is 11.9 Å². The number of nitrogens with one attached hydrogen (secondary N) is 2. The SMILES string of the molecule is CC1(CO)CCC2(C(=O)O)CCC34CCC#CC(C5C(CO)C(=O)NC5C(CCCN)c5cnc[nH]5)C5C(O)C(OC6OCC(O)C(O)C6O)C(C)(C(O)CO)C6CCC3(C)C(CC=C4C2C1)C56C. The lowest BCUT2D eigenvalue weighted by Gasteiger charge is -2.75. The van der Waals surface area contributed by atoms with E-state index >= 15 is 0 Å². The molecule has 4 bridgehead atoms. The maximum absolute atomic E-state index is 14.4. The predicted octanol–water partition coefficient (Wildman–Crippen LogP) is 1.56. The van der Waals surface area contributed by atoms with Crippen LogP contribution in [0.15, 0.2) is 24.2 Å². The first-order chi connectivity index (χ1) is 32.8. The fourth-order valence-corrected chi connectivity index (χ4v) is 17.4. The fraction of sp³-hybridized carbons (Fsp3) is 0.827. The van der Waals surface area contributed by atoms with E-state index in [1.165, 1.54) is 0 Å². The van der Waals surface area contributed by atoms with E-state index in [4.69, 9.17) is 15.2 Å². The van der Waals surface area contributed by atoms with E-state index in [-0.39, 0.29) is 36.9 Å². The molecule has 0 radical (unpaired) electrons. The monoisotopic (exact) mass is 967 g/mol. The summed E-state index contributed by atoms with van der Waals surface area (Å²) in [6.45, 7) is 7.13. The number of amides is 1. The van der Waals surface area contributed by atoms with Crippen molar-refractivity contribution in [3.05, 3.63) is 29.9 Å². The maximum atomic E-state index is 14.4. The zero-order valence-corrected chi connectivity index (χ0v) is 40.7. The standard InChI is InChI=1S/C52H78N4O13/c1-47(25-59)15-16-51(46(66)67)17-18-52-13-6-5-8-28(37-29(22-57)44(65)56-39(37)27(9-7-19-53)32-21-54-26-55-32)38-41(63)43(69-45-42(64)40(62)33(60)24-68-45)50(4,36(61)23-58)35-12-14-48(52,2)34(49(35,38)3)11-10-30(52)31(51)20-47/h10,21,26-29,31,33-43,45,57-64H,6-7,9,11-20,22-25,53H2,1-4H3,(H,54,55)(H,56,65)(H,66,67). The molecule has 13 N–H and O–H groups in total. The number of carboxylic acids is 1. The van der Waals surface area contributed by atoms with Gasteiger partial charge in [-0.1, -0.05) is 45.3 Å². The van der Waals surface area contributed by atoms with Gasteiger partial charge in [0.15, 0.2) is 6.29 Å². The third kappa shape index (κ3) is 7.38. The molecule has 22 atom stereocenters. The van der Waals surface area contributed by atoms with Gasteiger partial charge in [-0.2, -0.15) is 0 Å². The van der Waals surface area contributed by atoms with Crippen molar-refractivity contribution in [2.45, 2.75) is 160 Å². The van der Waals surface area contributed by atoms with Crippen LogP contribution in [0.3, 0.4) is 0 Å². The van der Waals surface area contributed by atoms with Crippen molar-refractivity contribution < 1.29 is 65.0 Å². The summed E-state index contributed by atoms with van der Waals surface area (Å²) in [4.78, 5) is 35.6. The summed E-state index contributed by atoms with van der Waals surface area (Å²) >= 11 is 0. The highest BCUT2D eigenvalue weighted by Gasteiger charge is 2.76. The number of nitrogens with two attached hydrogens (primary N) is 1. The number of carbonyl (C=O) groups excluding carboxylic acids is 1. The van der Waals surface area contributed by atoms with Crippen molar-refractivity contribution in [3.8, 4) is 11.8 Å². The van der Waals surface area contributed by atoms with E-state index in [1.54, 1.807) is 19.4 Å². The first-order valence-corrected chi connectivity index (χ1v) is 25.7. The Bertz CT molecular complexity index is 2170. The quantitative estimate of drug-likeness (QED) is 0.0759. The summed E-state index contributed by atoms with van der Waals surface area (Å²) in [5.41, 5.74) is 3.11. The largest absolute Gasteiger partial charge is 0.481 e. The number of aromatic nitrogens is 2. The minimum atomic E-state index is -1.74. The molecular weight excluding hydrogens is 889 g/mol. The number of carboxylic acid groups (broad SMARTS) is 1. The second kappa shape index (κ2) is 18.5. The third-order valence-corrected chi connectivity index (χ3v) is 21.1. The summed E-state index contributed by atoms with van der Waals surface area (Å²) in [5.74, 6) is 1.42. The van der Waals surface area contributed by atoms with Crippen LogP contribution in [0.2, 0.25) is 0 Å². The van der Waals surface area contributed by atoms with Crippen LogP contribution in [0.25, 0.3) is 0 Å². The van der Waals surface area contributed by atoms with E-state index in [9.17, 15) is 55.5 Å². The summed E-state index contributed by atoms with van der Waals surface area (Å²) in [7, 11) is 0. The molecule has 8 aliphatic rings. The number of imidazole rings is 1. The molecule has 4 saturated carbocycles. The molecule has 22 unspecified atom stereocenters. The van der Waals surface area contributed by atoms with Gasteiger partial charge in [-0.25, -0.2) is 4.98 Å². The molecule has 1 amide bonds. The van der Waals surface area contributed by atoms with Gasteiger partial charge in [0, 0.05) is 60.0 Å². The number of ether oxygens (including phenoxy) is 2. The van der Waals surface area contributed by atoms with Crippen LogP contribution in [0.1, 0.15) is 116 Å².